The van der Waals surface area contributed by atoms with Gasteiger partial charge in [0.15, 0.2) is 0 Å². The van der Waals surface area contributed by atoms with E-state index in [1.54, 1.807) is 4.90 Å². The molecular formula is C19H26ClN3O2. The van der Waals surface area contributed by atoms with E-state index in [0.717, 1.165) is 17.0 Å². The lowest BCUT2D eigenvalue weighted by Crippen LogP contribution is -2.41. The second-order valence-corrected chi connectivity index (χ2v) is 7.31. The zero-order valence-electron chi connectivity index (χ0n) is 15.3. The average molecular weight is 364 g/mol. The molecule has 5 nitrogen and oxygen atoms in total. The topological polar surface area (TPSA) is 58.4 Å². The molecule has 1 N–H and O–H groups in total. The van der Waals surface area contributed by atoms with Crippen LogP contribution in [-0.2, 0) is 13.1 Å². The summed E-state index contributed by atoms with van der Waals surface area (Å²) in [4.78, 5) is 14.4. The van der Waals surface area contributed by atoms with Crippen LogP contribution in [0.4, 0.5) is 4.79 Å². The lowest BCUT2D eigenvalue weighted by molar-refractivity contribution is 0.187. The van der Waals surface area contributed by atoms with Crippen molar-refractivity contribution in [3.8, 4) is 0 Å². The summed E-state index contributed by atoms with van der Waals surface area (Å²) in [6, 6.07) is 9.33. The third-order valence-electron chi connectivity index (χ3n) is 3.76. The number of hydrogen-bond donors (Lipinski definition) is 1. The number of aromatic nitrogens is 1. The van der Waals surface area contributed by atoms with Gasteiger partial charge in [-0.2, -0.15) is 0 Å². The van der Waals surface area contributed by atoms with Gasteiger partial charge in [-0.25, -0.2) is 4.79 Å². The Hall–Kier alpha value is -2.01. The van der Waals surface area contributed by atoms with Gasteiger partial charge in [0.1, 0.15) is 11.5 Å². The molecule has 0 aliphatic heterocycles. The number of halogens is 1. The normalized spacial score (nSPS) is 11.2. The summed E-state index contributed by atoms with van der Waals surface area (Å²) in [5.41, 5.74) is 1.66. The molecule has 25 heavy (non-hydrogen) atoms. The molecular weight excluding hydrogens is 338 g/mol. The van der Waals surface area contributed by atoms with E-state index in [9.17, 15) is 4.79 Å². The van der Waals surface area contributed by atoms with E-state index in [1.165, 1.54) is 0 Å². The molecule has 0 aliphatic rings. The largest absolute Gasteiger partial charge is 0.361 e. The van der Waals surface area contributed by atoms with Crippen molar-refractivity contribution < 1.29 is 9.32 Å². The molecule has 6 heteroatoms. The molecule has 2 amide bonds. The van der Waals surface area contributed by atoms with Crippen LogP contribution in [0.3, 0.4) is 0 Å². The fourth-order valence-corrected chi connectivity index (χ4v) is 2.65. The second kappa shape index (κ2) is 8.90. The number of nitrogens with one attached hydrogen (secondary N) is 1. The number of carbonyl (C=O) groups is 1. The summed E-state index contributed by atoms with van der Waals surface area (Å²) >= 11 is 6.23. The minimum Gasteiger partial charge on any atom is -0.361 e. The number of urea groups is 1. The first-order chi connectivity index (χ1) is 11.9. The zero-order valence-corrected chi connectivity index (χ0v) is 16.0. The average Bonchev–Trinajstić information content (AvgIpc) is 3.03. The Bertz CT molecular complexity index is 697. The third-order valence-corrected chi connectivity index (χ3v) is 4.13. The van der Waals surface area contributed by atoms with E-state index < -0.39 is 0 Å². The van der Waals surface area contributed by atoms with Gasteiger partial charge in [0.2, 0.25) is 0 Å². The minimum atomic E-state index is -0.136. The van der Waals surface area contributed by atoms with Crippen LogP contribution in [0, 0.1) is 5.92 Å². The summed E-state index contributed by atoms with van der Waals surface area (Å²) in [6.45, 7) is 9.70. The quantitative estimate of drug-likeness (QED) is 0.767. The number of amides is 2. The molecule has 0 unspecified atom stereocenters. The summed E-state index contributed by atoms with van der Waals surface area (Å²) < 4.78 is 5.26. The van der Waals surface area contributed by atoms with Gasteiger partial charge in [0.25, 0.3) is 0 Å². The molecule has 0 aliphatic carbocycles. The summed E-state index contributed by atoms with van der Waals surface area (Å²) in [6.07, 6.45) is 0. The predicted molar refractivity (Wildman–Crippen MR) is 99.5 cm³/mol. The highest BCUT2D eigenvalue weighted by atomic mass is 35.5. The van der Waals surface area contributed by atoms with E-state index in [1.807, 2.05) is 44.2 Å². The molecule has 0 fully saturated rings. The highest BCUT2D eigenvalue weighted by Gasteiger charge is 2.17. The number of hydrogen-bond acceptors (Lipinski definition) is 3. The maximum absolute atomic E-state index is 12.6. The van der Waals surface area contributed by atoms with Crippen LogP contribution < -0.4 is 5.32 Å². The van der Waals surface area contributed by atoms with Crippen molar-refractivity contribution in [2.45, 2.75) is 46.7 Å². The van der Waals surface area contributed by atoms with Gasteiger partial charge in [-0.1, -0.05) is 62.7 Å². The van der Waals surface area contributed by atoms with E-state index in [4.69, 9.17) is 16.1 Å². The standard InChI is InChI=1S/C19H26ClN3O2/c1-13(2)11-23(12-15-7-5-6-8-17(15)20)19(24)21-10-16-9-18(14(3)4)25-22-16/h5-9,13-14H,10-12H2,1-4H3,(H,21,24). The predicted octanol–water partition coefficient (Wildman–Crippen LogP) is 4.82. The molecule has 0 radical (unpaired) electrons. The Morgan fingerprint density at radius 1 is 1.28 bits per heavy atom. The Balaban J connectivity index is 2.01. The van der Waals surface area contributed by atoms with Crippen molar-refractivity contribution in [2.24, 2.45) is 5.92 Å². The van der Waals surface area contributed by atoms with Crippen molar-refractivity contribution in [3.63, 3.8) is 0 Å². The van der Waals surface area contributed by atoms with E-state index in [2.05, 4.69) is 24.3 Å². The first-order valence-electron chi connectivity index (χ1n) is 8.58. The van der Waals surface area contributed by atoms with Crippen LogP contribution in [0.15, 0.2) is 34.9 Å². The van der Waals surface area contributed by atoms with Crippen LogP contribution >= 0.6 is 11.6 Å². The van der Waals surface area contributed by atoms with Gasteiger partial charge < -0.3 is 14.7 Å². The first-order valence-corrected chi connectivity index (χ1v) is 8.96. The maximum Gasteiger partial charge on any atom is 0.318 e. The molecule has 0 spiro atoms. The second-order valence-electron chi connectivity index (χ2n) is 6.90. The SMILES string of the molecule is CC(C)CN(Cc1ccccc1Cl)C(=O)NCc1cc(C(C)C)on1. The van der Waals surface area contributed by atoms with Gasteiger partial charge >= 0.3 is 6.03 Å². The number of rotatable bonds is 7. The van der Waals surface area contributed by atoms with Gasteiger partial charge in [-0.15, -0.1) is 0 Å². The number of nitrogens with zero attached hydrogens (tertiary/aromatic N) is 2. The molecule has 1 aromatic carbocycles. The third kappa shape index (κ3) is 5.78. The van der Waals surface area contributed by atoms with E-state index >= 15 is 0 Å². The van der Waals surface area contributed by atoms with Gasteiger partial charge in [-0.3, -0.25) is 0 Å². The van der Waals surface area contributed by atoms with Crippen LogP contribution in [0.5, 0.6) is 0 Å². The Morgan fingerprint density at radius 3 is 2.60 bits per heavy atom. The van der Waals surface area contributed by atoms with Crippen molar-refractivity contribution in [1.29, 1.82) is 0 Å². The molecule has 1 aromatic heterocycles. The molecule has 0 saturated heterocycles. The lowest BCUT2D eigenvalue weighted by atomic mass is 10.1. The molecule has 0 bridgehead atoms. The molecule has 2 aromatic rings. The van der Waals surface area contributed by atoms with Gasteiger partial charge in [0, 0.05) is 30.1 Å². The van der Waals surface area contributed by atoms with Crippen molar-refractivity contribution in [2.75, 3.05) is 6.54 Å². The fraction of sp³-hybridized carbons (Fsp3) is 0.474. The monoisotopic (exact) mass is 363 g/mol. The molecule has 0 saturated carbocycles. The zero-order chi connectivity index (χ0) is 18.4. The highest BCUT2D eigenvalue weighted by Crippen LogP contribution is 2.18. The van der Waals surface area contributed by atoms with Crippen LogP contribution in [-0.4, -0.2) is 22.6 Å². The van der Waals surface area contributed by atoms with Crippen molar-refractivity contribution >= 4 is 17.6 Å². The number of carbonyl (C=O) groups excluding carboxylic acids is 1. The van der Waals surface area contributed by atoms with Crippen LogP contribution in [0.25, 0.3) is 0 Å². The molecule has 136 valence electrons. The molecule has 1 heterocycles. The lowest BCUT2D eigenvalue weighted by Gasteiger charge is -2.25. The summed E-state index contributed by atoms with van der Waals surface area (Å²) in [5.74, 6) is 1.45. The Kier molecular flexibility index (Phi) is 6.88. The maximum atomic E-state index is 12.6. The Labute approximate surface area is 154 Å². The van der Waals surface area contributed by atoms with E-state index in [-0.39, 0.29) is 11.9 Å². The molecule has 2 rings (SSSR count). The van der Waals surface area contributed by atoms with Crippen molar-refractivity contribution in [3.05, 3.63) is 52.4 Å². The Morgan fingerprint density at radius 2 is 2.00 bits per heavy atom. The van der Waals surface area contributed by atoms with Crippen molar-refractivity contribution in [1.82, 2.24) is 15.4 Å². The minimum absolute atomic E-state index is 0.136. The van der Waals surface area contributed by atoms with Crippen LogP contribution in [0.2, 0.25) is 5.02 Å². The fourth-order valence-electron chi connectivity index (χ4n) is 2.45. The smallest absolute Gasteiger partial charge is 0.318 e. The highest BCUT2D eigenvalue weighted by molar-refractivity contribution is 6.31. The van der Waals surface area contributed by atoms with E-state index in [0.29, 0.717) is 30.6 Å². The van der Waals surface area contributed by atoms with Gasteiger partial charge in [-0.05, 0) is 17.5 Å². The number of benzene rings is 1. The first kappa shape index (κ1) is 19.3. The van der Waals surface area contributed by atoms with Crippen LogP contribution in [0.1, 0.15) is 50.6 Å². The summed E-state index contributed by atoms with van der Waals surface area (Å²) in [5, 5.41) is 7.58. The van der Waals surface area contributed by atoms with Gasteiger partial charge in [0.05, 0.1) is 6.54 Å². The molecule has 0 atom stereocenters. The summed E-state index contributed by atoms with van der Waals surface area (Å²) in [7, 11) is 0.